The van der Waals surface area contributed by atoms with Crippen molar-refractivity contribution in [2.24, 2.45) is 0 Å². The summed E-state index contributed by atoms with van der Waals surface area (Å²) in [6.45, 7) is 2.07. The molecule has 3 nitrogen and oxygen atoms in total. The number of benzene rings is 1. The van der Waals surface area contributed by atoms with Gasteiger partial charge >= 0.3 is 0 Å². The first-order chi connectivity index (χ1) is 8.98. The SMILES string of the molecule is CC1(c2ccccc2)C=CC(S(=O)(=O)CC#N)=CC1. The van der Waals surface area contributed by atoms with E-state index in [9.17, 15) is 8.42 Å². The van der Waals surface area contributed by atoms with E-state index < -0.39 is 15.6 Å². The Balaban J connectivity index is 2.27. The van der Waals surface area contributed by atoms with Crippen LogP contribution in [0, 0.1) is 11.3 Å². The van der Waals surface area contributed by atoms with Gasteiger partial charge in [0.25, 0.3) is 0 Å². The first-order valence-electron chi connectivity index (χ1n) is 6.03. The van der Waals surface area contributed by atoms with Crippen LogP contribution in [0.2, 0.25) is 0 Å². The maximum absolute atomic E-state index is 11.8. The molecule has 0 amide bonds. The van der Waals surface area contributed by atoms with E-state index in [2.05, 4.69) is 6.92 Å². The molecule has 19 heavy (non-hydrogen) atoms. The van der Waals surface area contributed by atoms with Gasteiger partial charge in [0.1, 0.15) is 5.75 Å². The Morgan fingerprint density at radius 3 is 2.53 bits per heavy atom. The van der Waals surface area contributed by atoms with Crippen molar-refractivity contribution >= 4 is 9.84 Å². The molecule has 1 atom stereocenters. The molecule has 1 aromatic rings. The zero-order chi connectivity index (χ0) is 13.9. The summed E-state index contributed by atoms with van der Waals surface area (Å²) in [4.78, 5) is 0.252. The first-order valence-corrected chi connectivity index (χ1v) is 7.68. The largest absolute Gasteiger partial charge is 0.223 e. The zero-order valence-electron chi connectivity index (χ0n) is 10.7. The molecule has 0 saturated carbocycles. The number of allylic oxidation sites excluding steroid dienone is 3. The quantitative estimate of drug-likeness (QED) is 0.850. The predicted molar refractivity (Wildman–Crippen MR) is 75.0 cm³/mol. The molecule has 0 aliphatic heterocycles. The third-order valence-electron chi connectivity index (χ3n) is 3.39. The summed E-state index contributed by atoms with van der Waals surface area (Å²) in [7, 11) is -3.45. The summed E-state index contributed by atoms with van der Waals surface area (Å²) >= 11 is 0. The van der Waals surface area contributed by atoms with Gasteiger partial charge in [0.05, 0.1) is 11.0 Å². The zero-order valence-corrected chi connectivity index (χ0v) is 11.5. The summed E-state index contributed by atoms with van der Waals surface area (Å²) < 4.78 is 23.6. The Morgan fingerprint density at radius 1 is 1.32 bits per heavy atom. The molecular formula is C15H15NO2S. The highest BCUT2D eigenvalue weighted by Crippen LogP contribution is 2.34. The highest BCUT2D eigenvalue weighted by Gasteiger charge is 2.27. The molecular weight excluding hydrogens is 258 g/mol. The van der Waals surface area contributed by atoms with Crippen LogP contribution in [0.15, 0.2) is 53.5 Å². The molecule has 1 aliphatic carbocycles. The smallest absolute Gasteiger partial charge is 0.191 e. The van der Waals surface area contributed by atoms with E-state index in [0.29, 0.717) is 6.42 Å². The van der Waals surface area contributed by atoms with Crippen LogP contribution in [0.1, 0.15) is 18.9 Å². The Labute approximate surface area is 113 Å². The topological polar surface area (TPSA) is 57.9 Å². The van der Waals surface area contributed by atoms with E-state index in [0.717, 1.165) is 5.56 Å². The Hall–Kier alpha value is -1.86. The standard InChI is InChI=1S/C15H15NO2S/c1-15(13-5-3-2-4-6-13)9-7-14(8-10-15)19(17,18)12-11-16/h2-9H,10,12H2,1H3. The molecule has 0 spiro atoms. The van der Waals surface area contributed by atoms with Crippen LogP contribution in [0.3, 0.4) is 0 Å². The van der Waals surface area contributed by atoms with Crippen LogP contribution in [-0.4, -0.2) is 14.2 Å². The van der Waals surface area contributed by atoms with Crippen LogP contribution in [0.25, 0.3) is 0 Å². The van der Waals surface area contributed by atoms with Crippen molar-refractivity contribution in [2.45, 2.75) is 18.8 Å². The van der Waals surface area contributed by atoms with Crippen LogP contribution < -0.4 is 0 Å². The molecule has 0 bridgehead atoms. The second-order valence-corrected chi connectivity index (χ2v) is 6.83. The average molecular weight is 273 g/mol. The molecule has 0 heterocycles. The molecule has 0 radical (unpaired) electrons. The molecule has 0 aromatic heterocycles. The van der Waals surface area contributed by atoms with E-state index >= 15 is 0 Å². The maximum Gasteiger partial charge on any atom is 0.191 e. The van der Waals surface area contributed by atoms with E-state index in [1.54, 1.807) is 18.2 Å². The highest BCUT2D eigenvalue weighted by atomic mass is 32.2. The third-order valence-corrected chi connectivity index (χ3v) is 4.92. The number of nitrogens with zero attached hydrogens (tertiary/aromatic N) is 1. The third kappa shape index (κ3) is 2.77. The van der Waals surface area contributed by atoms with Crippen LogP contribution in [0.5, 0.6) is 0 Å². The van der Waals surface area contributed by atoms with E-state index in [1.165, 1.54) is 0 Å². The fourth-order valence-electron chi connectivity index (χ4n) is 2.15. The summed E-state index contributed by atoms with van der Waals surface area (Å²) in [5, 5.41) is 8.53. The number of nitriles is 1. The molecule has 1 unspecified atom stereocenters. The molecule has 4 heteroatoms. The van der Waals surface area contributed by atoms with Crippen molar-refractivity contribution in [3.8, 4) is 6.07 Å². The number of sulfone groups is 1. The highest BCUT2D eigenvalue weighted by molar-refractivity contribution is 7.95. The lowest BCUT2D eigenvalue weighted by Gasteiger charge is -2.28. The lowest BCUT2D eigenvalue weighted by atomic mass is 9.77. The normalized spacial score (nSPS) is 22.6. The first kappa shape index (κ1) is 13.6. The van der Waals surface area contributed by atoms with Crippen molar-refractivity contribution in [2.75, 3.05) is 5.75 Å². The second-order valence-electron chi connectivity index (χ2n) is 4.84. The Bertz CT molecular complexity index is 666. The molecule has 98 valence electrons. The van der Waals surface area contributed by atoms with E-state index in [1.807, 2.05) is 36.4 Å². The van der Waals surface area contributed by atoms with E-state index in [-0.39, 0.29) is 10.3 Å². The summed E-state index contributed by atoms with van der Waals surface area (Å²) in [6, 6.07) is 11.7. The molecule has 1 aromatic carbocycles. The number of hydrogen-bond donors (Lipinski definition) is 0. The monoisotopic (exact) mass is 273 g/mol. The average Bonchev–Trinajstić information content (AvgIpc) is 2.40. The van der Waals surface area contributed by atoms with Gasteiger partial charge in [0.15, 0.2) is 9.84 Å². The predicted octanol–water partition coefficient (Wildman–Crippen LogP) is 2.73. The molecule has 1 aliphatic rings. The van der Waals surface area contributed by atoms with Gasteiger partial charge in [-0.05, 0) is 18.1 Å². The lowest BCUT2D eigenvalue weighted by molar-refractivity contribution is 0.590. The van der Waals surface area contributed by atoms with Crippen molar-refractivity contribution in [1.82, 2.24) is 0 Å². The number of rotatable bonds is 3. The lowest BCUT2D eigenvalue weighted by Crippen LogP contribution is -2.21. The van der Waals surface area contributed by atoms with Gasteiger partial charge in [-0.3, -0.25) is 0 Å². The Kier molecular flexibility index (Phi) is 3.59. The van der Waals surface area contributed by atoms with Crippen molar-refractivity contribution in [3.05, 3.63) is 59.0 Å². The second kappa shape index (κ2) is 5.02. The van der Waals surface area contributed by atoms with Gasteiger partial charge in [0, 0.05) is 5.41 Å². The van der Waals surface area contributed by atoms with Crippen molar-refractivity contribution in [1.29, 1.82) is 5.26 Å². The van der Waals surface area contributed by atoms with Gasteiger partial charge in [-0.1, -0.05) is 49.4 Å². The minimum atomic E-state index is -3.45. The van der Waals surface area contributed by atoms with Crippen LogP contribution >= 0.6 is 0 Å². The van der Waals surface area contributed by atoms with Gasteiger partial charge in [-0.15, -0.1) is 0 Å². The van der Waals surface area contributed by atoms with Gasteiger partial charge in [0.2, 0.25) is 0 Å². The van der Waals surface area contributed by atoms with E-state index in [4.69, 9.17) is 5.26 Å². The fraction of sp³-hybridized carbons (Fsp3) is 0.267. The summed E-state index contributed by atoms with van der Waals surface area (Å²) in [5.41, 5.74) is 0.964. The minimum Gasteiger partial charge on any atom is -0.223 e. The van der Waals surface area contributed by atoms with Gasteiger partial charge < -0.3 is 0 Å². The summed E-state index contributed by atoms with van der Waals surface area (Å²) in [5.74, 6) is -0.467. The molecule has 0 N–H and O–H groups in total. The van der Waals surface area contributed by atoms with Crippen molar-refractivity contribution in [3.63, 3.8) is 0 Å². The maximum atomic E-state index is 11.8. The fourth-order valence-corrected chi connectivity index (χ4v) is 3.10. The molecule has 0 saturated heterocycles. The summed E-state index contributed by atoms with van der Waals surface area (Å²) in [6.07, 6.45) is 5.85. The van der Waals surface area contributed by atoms with Crippen LogP contribution in [-0.2, 0) is 15.3 Å². The molecule has 2 rings (SSSR count). The minimum absolute atomic E-state index is 0.188. The van der Waals surface area contributed by atoms with Crippen molar-refractivity contribution < 1.29 is 8.42 Å². The molecule has 0 fully saturated rings. The number of hydrogen-bond acceptors (Lipinski definition) is 3. The van der Waals surface area contributed by atoms with Crippen LogP contribution in [0.4, 0.5) is 0 Å². The Morgan fingerprint density at radius 2 is 2.00 bits per heavy atom. The van der Waals surface area contributed by atoms with Gasteiger partial charge in [-0.2, -0.15) is 5.26 Å². The van der Waals surface area contributed by atoms with Gasteiger partial charge in [-0.25, -0.2) is 8.42 Å².